The van der Waals surface area contributed by atoms with Gasteiger partial charge in [0.15, 0.2) is 5.78 Å². The highest BCUT2D eigenvalue weighted by Crippen LogP contribution is 2.26. The van der Waals surface area contributed by atoms with E-state index in [-0.39, 0.29) is 5.78 Å². The molecule has 106 valence electrons. The molecule has 20 heavy (non-hydrogen) atoms. The number of nitrogens with one attached hydrogen (secondary N) is 1. The van der Waals surface area contributed by atoms with Gasteiger partial charge >= 0.3 is 0 Å². The van der Waals surface area contributed by atoms with Crippen LogP contribution in [0.2, 0.25) is 0 Å². The van der Waals surface area contributed by atoms with Crippen molar-refractivity contribution in [1.29, 1.82) is 0 Å². The second-order valence-corrected chi connectivity index (χ2v) is 3.84. The molecule has 0 saturated carbocycles. The zero-order valence-corrected chi connectivity index (χ0v) is 11.1. The van der Waals surface area contributed by atoms with Gasteiger partial charge in [-0.25, -0.2) is 0 Å². The van der Waals surface area contributed by atoms with Crippen molar-refractivity contribution in [2.24, 2.45) is 0 Å². The molecular formula is C14H14NO5-. The van der Waals surface area contributed by atoms with Gasteiger partial charge < -0.3 is 20.0 Å². The van der Waals surface area contributed by atoms with Crippen molar-refractivity contribution in [2.75, 3.05) is 11.9 Å². The third-order valence-corrected chi connectivity index (χ3v) is 2.31. The normalized spacial score (nSPS) is 10.3. The van der Waals surface area contributed by atoms with Gasteiger partial charge in [0, 0.05) is 11.6 Å². The van der Waals surface area contributed by atoms with Crippen LogP contribution in [0, 0.1) is 0 Å². The van der Waals surface area contributed by atoms with E-state index in [4.69, 9.17) is 4.74 Å². The number of carbonyl (C=O) groups is 3. The van der Waals surface area contributed by atoms with Crippen LogP contribution in [0.3, 0.4) is 0 Å². The smallest absolute Gasteiger partial charge is 0.248 e. The Hall–Kier alpha value is -2.63. The molecule has 0 unspecified atom stereocenters. The summed E-state index contributed by atoms with van der Waals surface area (Å²) in [6, 6.07) is 4.62. The third kappa shape index (κ3) is 4.56. The van der Waals surface area contributed by atoms with Crippen molar-refractivity contribution in [1.82, 2.24) is 0 Å². The lowest BCUT2D eigenvalue weighted by Gasteiger charge is -2.11. The first kappa shape index (κ1) is 15.4. The molecule has 6 nitrogen and oxygen atoms in total. The summed E-state index contributed by atoms with van der Waals surface area (Å²) in [5.41, 5.74) is 0.709. The Bertz CT molecular complexity index is 563. The van der Waals surface area contributed by atoms with Crippen LogP contribution in [0.4, 0.5) is 5.69 Å². The summed E-state index contributed by atoms with van der Waals surface area (Å²) in [7, 11) is 0. The Morgan fingerprint density at radius 2 is 2.00 bits per heavy atom. The number of ether oxygens (including phenoxy) is 1. The summed E-state index contributed by atoms with van der Waals surface area (Å²) in [4.78, 5) is 33.1. The molecule has 0 aliphatic rings. The molecule has 0 fully saturated rings. The first-order valence-corrected chi connectivity index (χ1v) is 5.92. The standard InChI is InChI=1S/C14H15NO5/c1-3-20-12-5-4-10(9(2)16)8-11(12)15-13(17)6-7-14(18)19/h4-8H,3H2,1-2H3,(H,15,17)(H,18,19)/p-1/b7-6-. The zero-order chi connectivity index (χ0) is 15.1. The lowest BCUT2D eigenvalue weighted by atomic mass is 10.1. The molecule has 1 N–H and O–H groups in total. The number of Topliss-reactive ketones (excluding diaryl/α,β-unsaturated/α-hetero) is 1. The highest BCUT2D eigenvalue weighted by Gasteiger charge is 2.09. The number of ketones is 1. The molecule has 1 aromatic carbocycles. The number of amides is 1. The Balaban J connectivity index is 3.00. The number of rotatable bonds is 6. The van der Waals surface area contributed by atoms with Gasteiger partial charge in [-0.05, 0) is 38.1 Å². The summed E-state index contributed by atoms with van der Waals surface area (Å²) in [6.45, 7) is 3.56. The lowest BCUT2D eigenvalue weighted by molar-refractivity contribution is -0.297. The molecule has 0 saturated heterocycles. The van der Waals surface area contributed by atoms with Crippen LogP contribution in [0.5, 0.6) is 5.75 Å². The fourth-order valence-corrected chi connectivity index (χ4v) is 1.45. The highest BCUT2D eigenvalue weighted by atomic mass is 16.5. The minimum atomic E-state index is -1.47. The molecule has 0 bridgehead atoms. The third-order valence-electron chi connectivity index (χ3n) is 2.31. The number of anilines is 1. The quantitative estimate of drug-likeness (QED) is 0.604. The van der Waals surface area contributed by atoms with Crippen molar-refractivity contribution >= 4 is 23.3 Å². The second-order valence-electron chi connectivity index (χ2n) is 3.84. The van der Waals surface area contributed by atoms with Crippen molar-refractivity contribution < 1.29 is 24.2 Å². The van der Waals surface area contributed by atoms with E-state index < -0.39 is 11.9 Å². The number of hydrogen-bond donors (Lipinski definition) is 1. The van der Waals surface area contributed by atoms with Gasteiger partial charge in [0.2, 0.25) is 5.91 Å². The first-order valence-electron chi connectivity index (χ1n) is 5.92. The van der Waals surface area contributed by atoms with Crippen LogP contribution in [0.1, 0.15) is 24.2 Å². The summed E-state index contributed by atoms with van der Waals surface area (Å²) < 4.78 is 5.32. The molecule has 0 aliphatic heterocycles. The Kier molecular flexibility index (Phi) is 5.46. The molecule has 6 heteroatoms. The van der Waals surface area contributed by atoms with Crippen molar-refractivity contribution in [3.63, 3.8) is 0 Å². The molecular weight excluding hydrogens is 262 g/mol. The van der Waals surface area contributed by atoms with Crippen LogP contribution >= 0.6 is 0 Å². The van der Waals surface area contributed by atoms with Gasteiger partial charge in [0.25, 0.3) is 0 Å². The summed E-state index contributed by atoms with van der Waals surface area (Å²) in [6.07, 6.45) is 1.44. The maximum absolute atomic E-state index is 11.5. The first-order chi connectivity index (χ1) is 9.43. The van der Waals surface area contributed by atoms with E-state index in [9.17, 15) is 19.5 Å². The fourth-order valence-electron chi connectivity index (χ4n) is 1.45. The summed E-state index contributed by atoms with van der Waals surface area (Å²) in [5.74, 6) is -1.89. The van der Waals surface area contributed by atoms with E-state index in [1.807, 2.05) is 0 Å². The van der Waals surface area contributed by atoms with E-state index in [1.54, 1.807) is 19.1 Å². The molecule has 1 amide bonds. The molecule has 1 rings (SSSR count). The molecule has 0 heterocycles. The monoisotopic (exact) mass is 276 g/mol. The van der Waals surface area contributed by atoms with E-state index in [0.717, 1.165) is 6.08 Å². The minimum absolute atomic E-state index is 0.158. The number of benzene rings is 1. The van der Waals surface area contributed by atoms with Gasteiger partial charge in [-0.3, -0.25) is 9.59 Å². The maximum atomic E-state index is 11.5. The number of carbonyl (C=O) groups excluding carboxylic acids is 3. The maximum Gasteiger partial charge on any atom is 0.248 e. The molecule has 0 atom stereocenters. The average molecular weight is 276 g/mol. The Morgan fingerprint density at radius 3 is 2.55 bits per heavy atom. The predicted octanol–water partition coefficient (Wildman–Crippen LogP) is 0.532. The van der Waals surface area contributed by atoms with Crippen LogP contribution in [-0.2, 0) is 9.59 Å². The van der Waals surface area contributed by atoms with Gasteiger partial charge in [0.1, 0.15) is 5.75 Å². The van der Waals surface area contributed by atoms with Gasteiger partial charge in [-0.2, -0.15) is 0 Å². The van der Waals surface area contributed by atoms with E-state index >= 15 is 0 Å². The Labute approximate surface area is 116 Å². The van der Waals surface area contributed by atoms with Crippen LogP contribution in [0.15, 0.2) is 30.4 Å². The highest BCUT2D eigenvalue weighted by molar-refractivity contribution is 6.04. The van der Waals surface area contributed by atoms with E-state index in [2.05, 4.69) is 5.32 Å². The van der Waals surface area contributed by atoms with E-state index in [0.29, 0.717) is 29.7 Å². The minimum Gasteiger partial charge on any atom is -0.545 e. The fraction of sp³-hybridized carbons (Fsp3) is 0.214. The number of carboxylic acids is 1. The molecule has 0 radical (unpaired) electrons. The SMILES string of the molecule is CCOc1ccc(C(C)=O)cc1NC(=O)/C=C\C(=O)[O-]. The van der Waals surface area contributed by atoms with Gasteiger partial charge in [-0.1, -0.05) is 0 Å². The zero-order valence-electron chi connectivity index (χ0n) is 11.1. The van der Waals surface area contributed by atoms with Crippen molar-refractivity contribution in [3.05, 3.63) is 35.9 Å². The van der Waals surface area contributed by atoms with Crippen LogP contribution < -0.4 is 15.2 Å². The van der Waals surface area contributed by atoms with Crippen molar-refractivity contribution in [2.45, 2.75) is 13.8 Å². The van der Waals surface area contributed by atoms with Gasteiger partial charge in [0.05, 0.1) is 18.3 Å². The van der Waals surface area contributed by atoms with E-state index in [1.165, 1.54) is 13.0 Å². The van der Waals surface area contributed by atoms with Gasteiger partial charge in [-0.15, -0.1) is 0 Å². The molecule has 0 spiro atoms. The molecule has 0 aliphatic carbocycles. The second kappa shape index (κ2) is 7.08. The average Bonchev–Trinajstić information content (AvgIpc) is 2.38. The number of aliphatic carboxylic acids is 1. The molecule has 0 aromatic heterocycles. The summed E-state index contributed by atoms with van der Waals surface area (Å²) in [5, 5.41) is 12.7. The van der Waals surface area contributed by atoms with Crippen LogP contribution in [-0.4, -0.2) is 24.3 Å². The van der Waals surface area contributed by atoms with Crippen LogP contribution in [0.25, 0.3) is 0 Å². The lowest BCUT2D eigenvalue weighted by Crippen LogP contribution is -2.20. The number of hydrogen-bond acceptors (Lipinski definition) is 5. The molecule has 1 aromatic rings. The Morgan fingerprint density at radius 1 is 1.30 bits per heavy atom. The summed E-state index contributed by atoms with van der Waals surface area (Å²) >= 11 is 0. The largest absolute Gasteiger partial charge is 0.545 e. The van der Waals surface area contributed by atoms with Crippen molar-refractivity contribution in [3.8, 4) is 5.75 Å². The number of carboxylic acid groups (broad SMARTS) is 1. The topological polar surface area (TPSA) is 95.5 Å². The predicted molar refractivity (Wildman–Crippen MR) is 70.4 cm³/mol.